The van der Waals surface area contributed by atoms with E-state index in [0.717, 1.165) is 12.8 Å². The molecule has 138 valence electrons. The number of benzene rings is 3. The highest BCUT2D eigenvalue weighted by Gasteiger charge is 2.32. The van der Waals surface area contributed by atoms with Crippen molar-refractivity contribution in [1.82, 2.24) is 0 Å². The monoisotopic (exact) mass is 356 g/mol. The molecule has 1 aliphatic rings. The molecule has 0 heterocycles. The highest BCUT2D eigenvalue weighted by atomic mass is 16.3. The lowest BCUT2D eigenvalue weighted by molar-refractivity contribution is 0.473. The Balaban J connectivity index is 1.84. The average Bonchev–Trinajstić information content (AvgIpc) is 2.67. The molecular formula is C26H28O. The number of aryl methyl sites for hydroxylation is 1. The Hall–Kier alpha value is -2.54. The van der Waals surface area contributed by atoms with Crippen LogP contribution in [0.4, 0.5) is 0 Å². The fraction of sp³-hybridized carbons (Fsp3) is 0.308. The summed E-state index contributed by atoms with van der Waals surface area (Å²) < 4.78 is 0. The molecule has 4 rings (SSSR count). The van der Waals surface area contributed by atoms with Gasteiger partial charge in [-0.05, 0) is 64.1 Å². The standard InChI is InChI=1S/C26H28O/c1-26(2,3)21-12-16-24-20(17-21)11-15-23(18-7-5-4-6-8-18)25(24)19-9-13-22(27)14-10-19/h4-10,12-14,16-17,23,25,27H,11,15H2,1-3H3. The van der Waals surface area contributed by atoms with E-state index >= 15 is 0 Å². The molecule has 1 N–H and O–H groups in total. The molecule has 0 aromatic heterocycles. The van der Waals surface area contributed by atoms with Gasteiger partial charge in [0.2, 0.25) is 0 Å². The summed E-state index contributed by atoms with van der Waals surface area (Å²) in [5, 5.41) is 9.76. The Morgan fingerprint density at radius 3 is 2.19 bits per heavy atom. The predicted octanol–water partition coefficient (Wildman–Crippen LogP) is 6.55. The molecule has 0 aliphatic heterocycles. The van der Waals surface area contributed by atoms with Gasteiger partial charge in [-0.2, -0.15) is 0 Å². The van der Waals surface area contributed by atoms with E-state index in [1.165, 1.54) is 27.8 Å². The van der Waals surface area contributed by atoms with Crippen LogP contribution in [0.2, 0.25) is 0 Å². The normalized spacial score (nSPS) is 19.5. The zero-order valence-corrected chi connectivity index (χ0v) is 16.4. The van der Waals surface area contributed by atoms with Crippen molar-refractivity contribution in [3.05, 3.63) is 101 Å². The van der Waals surface area contributed by atoms with Crippen LogP contribution >= 0.6 is 0 Å². The first kappa shape index (κ1) is 17.9. The van der Waals surface area contributed by atoms with E-state index in [0.29, 0.717) is 17.6 Å². The number of phenols is 1. The SMILES string of the molecule is CC(C)(C)c1ccc2c(c1)CCC(c1ccccc1)C2c1ccc(O)cc1. The quantitative estimate of drug-likeness (QED) is 0.552. The minimum atomic E-state index is 0.166. The van der Waals surface area contributed by atoms with Gasteiger partial charge >= 0.3 is 0 Å². The summed E-state index contributed by atoms with van der Waals surface area (Å²) in [7, 11) is 0. The Morgan fingerprint density at radius 1 is 0.815 bits per heavy atom. The zero-order chi connectivity index (χ0) is 19.0. The third kappa shape index (κ3) is 3.51. The van der Waals surface area contributed by atoms with Crippen molar-refractivity contribution < 1.29 is 5.11 Å². The molecule has 0 amide bonds. The van der Waals surface area contributed by atoms with Gasteiger partial charge in [0.15, 0.2) is 0 Å². The summed E-state index contributed by atoms with van der Waals surface area (Å²) in [5.41, 5.74) is 7.18. The maximum Gasteiger partial charge on any atom is 0.115 e. The van der Waals surface area contributed by atoms with Crippen LogP contribution in [0.25, 0.3) is 0 Å². The lowest BCUT2D eigenvalue weighted by atomic mass is 9.68. The van der Waals surface area contributed by atoms with Gasteiger partial charge in [-0.3, -0.25) is 0 Å². The summed E-state index contributed by atoms with van der Waals surface area (Å²) in [6.07, 6.45) is 2.27. The Kier molecular flexibility index (Phi) is 4.55. The Labute approximate surface area is 162 Å². The van der Waals surface area contributed by atoms with Crippen molar-refractivity contribution in [3.8, 4) is 5.75 Å². The van der Waals surface area contributed by atoms with Crippen LogP contribution in [-0.4, -0.2) is 5.11 Å². The van der Waals surface area contributed by atoms with Crippen LogP contribution in [0.5, 0.6) is 5.75 Å². The van der Waals surface area contributed by atoms with Crippen LogP contribution in [0.15, 0.2) is 72.8 Å². The maximum atomic E-state index is 9.76. The molecule has 0 saturated carbocycles. The molecule has 2 unspecified atom stereocenters. The fourth-order valence-electron chi connectivity index (χ4n) is 4.44. The number of hydrogen-bond acceptors (Lipinski definition) is 1. The highest BCUT2D eigenvalue weighted by Crippen LogP contribution is 2.47. The second kappa shape index (κ2) is 6.88. The molecule has 0 radical (unpaired) electrons. The molecule has 0 fully saturated rings. The smallest absolute Gasteiger partial charge is 0.115 e. The predicted molar refractivity (Wildman–Crippen MR) is 113 cm³/mol. The Morgan fingerprint density at radius 2 is 1.52 bits per heavy atom. The molecule has 1 nitrogen and oxygen atoms in total. The van der Waals surface area contributed by atoms with Gasteiger partial charge in [0, 0.05) is 5.92 Å². The molecule has 3 aromatic rings. The lowest BCUT2D eigenvalue weighted by Crippen LogP contribution is -2.22. The van der Waals surface area contributed by atoms with Crippen LogP contribution < -0.4 is 0 Å². The number of fused-ring (bicyclic) bond motifs is 1. The molecule has 0 bridgehead atoms. The van der Waals surface area contributed by atoms with Crippen molar-refractivity contribution in [2.75, 3.05) is 0 Å². The minimum Gasteiger partial charge on any atom is -0.508 e. The van der Waals surface area contributed by atoms with Crippen molar-refractivity contribution in [2.45, 2.75) is 50.9 Å². The molecule has 0 saturated heterocycles. The van der Waals surface area contributed by atoms with Gasteiger partial charge in [0.1, 0.15) is 5.75 Å². The molecule has 2 atom stereocenters. The third-order valence-corrected chi connectivity index (χ3v) is 5.95. The second-order valence-electron chi connectivity index (χ2n) is 8.79. The number of phenolic OH excluding ortho intramolecular Hbond substituents is 1. The molecule has 1 heteroatoms. The van der Waals surface area contributed by atoms with Crippen LogP contribution in [-0.2, 0) is 11.8 Å². The molecule has 3 aromatic carbocycles. The third-order valence-electron chi connectivity index (χ3n) is 5.95. The van der Waals surface area contributed by atoms with Gasteiger partial charge < -0.3 is 5.11 Å². The number of hydrogen-bond donors (Lipinski definition) is 1. The van der Waals surface area contributed by atoms with E-state index in [1.807, 2.05) is 12.1 Å². The summed E-state index contributed by atoms with van der Waals surface area (Å²) in [4.78, 5) is 0. The molecular weight excluding hydrogens is 328 g/mol. The lowest BCUT2D eigenvalue weighted by Gasteiger charge is -2.35. The summed E-state index contributed by atoms with van der Waals surface area (Å²) in [5.74, 6) is 1.11. The van der Waals surface area contributed by atoms with Gasteiger partial charge in [0.25, 0.3) is 0 Å². The van der Waals surface area contributed by atoms with Crippen LogP contribution in [0.3, 0.4) is 0 Å². The van der Waals surface area contributed by atoms with Crippen molar-refractivity contribution in [2.24, 2.45) is 0 Å². The largest absolute Gasteiger partial charge is 0.508 e. The first-order valence-electron chi connectivity index (χ1n) is 9.90. The molecule has 1 aliphatic carbocycles. The van der Waals surface area contributed by atoms with E-state index in [1.54, 1.807) is 0 Å². The average molecular weight is 357 g/mol. The van der Waals surface area contributed by atoms with Crippen molar-refractivity contribution in [3.63, 3.8) is 0 Å². The number of rotatable bonds is 2. The van der Waals surface area contributed by atoms with E-state index < -0.39 is 0 Å². The van der Waals surface area contributed by atoms with Crippen LogP contribution in [0.1, 0.15) is 66.8 Å². The van der Waals surface area contributed by atoms with E-state index in [9.17, 15) is 5.11 Å². The van der Waals surface area contributed by atoms with Crippen molar-refractivity contribution in [1.29, 1.82) is 0 Å². The topological polar surface area (TPSA) is 20.2 Å². The summed E-state index contributed by atoms with van der Waals surface area (Å²) in [6, 6.07) is 25.8. The first-order chi connectivity index (χ1) is 12.9. The molecule has 0 spiro atoms. The van der Waals surface area contributed by atoms with Gasteiger partial charge in [0.05, 0.1) is 0 Å². The second-order valence-corrected chi connectivity index (χ2v) is 8.79. The van der Waals surface area contributed by atoms with E-state index in [-0.39, 0.29) is 5.41 Å². The molecule has 27 heavy (non-hydrogen) atoms. The fourth-order valence-corrected chi connectivity index (χ4v) is 4.44. The van der Waals surface area contributed by atoms with Gasteiger partial charge in [-0.15, -0.1) is 0 Å². The number of aromatic hydroxyl groups is 1. The zero-order valence-electron chi connectivity index (χ0n) is 16.4. The minimum absolute atomic E-state index is 0.166. The maximum absolute atomic E-state index is 9.76. The van der Waals surface area contributed by atoms with Gasteiger partial charge in [-0.25, -0.2) is 0 Å². The highest BCUT2D eigenvalue weighted by molar-refractivity contribution is 5.47. The summed E-state index contributed by atoms with van der Waals surface area (Å²) >= 11 is 0. The van der Waals surface area contributed by atoms with Crippen LogP contribution in [0, 0.1) is 0 Å². The Bertz CT molecular complexity index is 917. The summed E-state index contributed by atoms with van der Waals surface area (Å²) in [6.45, 7) is 6.84. The van der Waals surface area contributed by atoms with Crippen molar-refractivity contribution >= 4 is 0 Å². The van der Waals surface area contributed by atoms with E-state index in [4.69, 9.17) is 0 Å². The van der Waals surface area contributed by atoms with E-state index in [2.05, 4.69) is 81.4 Å². The first-order valence-corrected chi connectivity index (χ1v) is 9.90. The van der Waals surface area contributed by atoms with Gasteiger partial charge in [-0.1, -0.05) is 81.4 Å².